The zero-order valence-corrected chi connectivity index (χ0v) is 10.1. The van der Waals surface area contributed by atoms with Crippen molar-refractivity contribution < 1.29 is 29.4 Å². The van der Waals surface area contributed by atoms with Gasteiger partial charge in [0, 0.05) is 0 Å². The summed E-state index contributed by atoms with van der Waals surface area (Å²) in [5.74, 6) is -5.17. The minimum Gasteiger partial charge on any atom is -0.477 e. The maximum atomic E-state index is 11.1. The van der Waals surface area contributed by atoms with Gasteiger partial charge in [0.25, 0.3) is 11.8 Å². The highest BCUT2D eigenvalue weighted by molar-refractivity contribution is 8.15. The van der Waals surface area contributed by atoms with E-state index < -0.39 is 33.6 Å². The number of amides is 2. The summed E-state index contributed by atoms with van der Waals surface area (Å²) in [5, 5.41) is 17.7. The fourth-order valence-corrected chi connectivity index (χ4v) is 3.03. The van der Waals surface area contributed by atoms with Crippen LogP contribution in [-0.4, -0.2) is 34.0 Å². The predicted molar refractivity (Wildman–Crippen MR) is 62.9 cm³/mol. The smallest absolute Gasteiger partial charge is 0.343 e. The van der Waals surface area contributed by atoms with E-state index in [4.69, 9.17) is 21.7 Å². The van der Waals surface area contributed by atoms with Crippen molar-refractivity contribution in [3.8, 4) is 0 Å². The van der Waals surface area contributed by atoms with Gasteiger partial charge in [0.1, 0.15) is 9.81 Å². The van der Waals surface area contributed by atoms with Crippen LogP contribution in [0.1, 0.15) is 0 Å². The SMILES string of the molecule is NC(=O)C1=C(C(N)=O)SC(C(=O)O)=C(C(=O)O)S1. The zero-order valence-electron chi connectivity index (χ0n) is 8.50. The molecule has 2 amide bonds. The van der Waals surface area contributed by atoms with Crippen molar-refractivity contribution in [2.45, 2.75) is 0 Å². The normalized spacial score (nSPS) is 15.6. The van der Waals surface area contributed by atoms with Crippen LogP contribution < -0.4 is 11.5 Å². The van der Waals surface area contributed by atoms with Crippen LogP contribution >= 0.6 is 23.5 Å². The van der Waals surface area contributed by atoms with Gasteiger partial charge in [-0.15, -0.1) is 0 Å². The van der Waals surface area contributed by atoms with E-state index in [9.17, 15) is 19.2 Å². The Hall–Kier alpha value is -1.94. The summed E-state index contributed by atoms with van der Waals surface area (Å²) in [6.07, 6.45) is 0. The molecule has 6 N–H and O–H groups in total. The summed E-state index contributed by atoms with van der Waals surface area (Å²) in [4.78, 5) is 41.9. The molecule has 0 saturated heterocycles. The molecule has 18 heavy (non-hydrogen) atoms. The minimum absolute atomic E-state index is 0.303. The predicted octanol–water partition coefficient (Wildman–Crippen LogP) is -0.971. The Labute approximate surface area is 108 Å². The van der Waals surface area contributed by atoms with Crippen molar-refractivity contribution in [2.75, 3.05) is 0 Å². The number of hydrogen-bond acceptors (Lipinski definition) is 6. The van der Waals surface area contributed by atoms with Gasteiger partial charge in [0.15, 0.2) is 0 Å². The van der Waals surface area contributed by atoms with Crippen molar-refractivity contribution in [1.29, 1.82) is 0 Å². The molecule has 0 radical (unpaired) electrons. The first-order chi connectivity index (χ1) is 8.25. The quantitative estimate of drug-likeness (QED) is 0.514. The Morgan fingerprint density at radius 2 is 1.00 bits per heavy atom. The van der Waals surface area contributed by atoms with E-state index in [0.717, 1.165) is 0 Å². The highest BCUT2D eigenvalue weighted by atomic mass is 32.2. The Bertz CT molecular complexity index is 444. The van der Waals surface area contributed by atoms with E-state index in [0.29, 0.717) is 23.5 Å². The van der Waals surface area contributed by atoms with Crippen LogP contribution in [0.5, 0.6) is 0 Å². The van der Waals surface area contributed by atoms with Crippen LogP contribution in [0.2, 0.25) is 0 Å². The van der Waals surface area contributed by atoms with Crippen LogP contribution in [-0.2, 0) is 19.2 Å². The number of primary amides is 2. The molecule has 1 aliphatic heterocycles. The lowest BCUT2D eigenvalue weighted by molar-refractivity contribution is -0.134. The van der Waals surface area contributed by atoms with E-state index in [-0.39, 0.29) is 9.81 Å². The Morgan fingerprint density at radius 3 is 1.17 bits per heavy atom. The van der Waals surface area contributed by atoms with Crippen molar-refractivity contribution >= 4 is 47.3 Å². The number of nitrogens with two attached hydrogens (primary N) is 2. The number of carbonyl (C=O) groups is 4. The number of carboxylic acids is 2. The maximum absolute atomic E-state index is 11.1. The largest absolute Gasteiger partial charge is 0.477 e. The molecular weight excluding hydrogens is 284 g/mol. The molecule has 1 rings (SSSR count). The Morgan fingerprint density at radius 1 is 0.722 bits per heavy atom. The molecule has 0 spiro atoms. The van der Waals surface area contributed by atoms with Crippen LogP contribution in [0, 0.1) is 0 Å². The Kier molecular flexibility index (Phi) is 4.03. The first kappa shape index (κ1) is 14.1. The van der Waals surface area contributed by atoms with Crippen molar-refractivity contribution in [3.05, 3.63) is 19.6 Å². The first-order valence-electron chi connectivity index (χ1n) is 4.16. The van der Waals surface area contributed by atoms with Gasteiger partial charge in [-0.3, -0.25) is 9.59 Å². The lowest BCUT2D eigenvalue weighted by atomic mass is 10.4. The second kappa shape index (κ2) is 5.14. The van der Waals surface area contributed by atoms with Crippen LogP contribution in [0.4, 0.5) is 0 Å². The molecule has 0 saturated carbocycles. The summed E-state index contributed by atoms with van der Waals surface area (Å²) in [5.41, 5.74) is 9.96. The van der Waals surface area contributed by atoms with Gasteiger partial charge in [0.05, 0.1) is 9.81 Å². The standard InChI is InChI=1S/C8H6N2O6S2/c9-5(11)1-2(6(10)12)18-4(8(15)16)3(17-1)7(13)14/h(H2,9,11)(H2,10,12)(H,13,14)(H,15,16). The number of carbonyl (C=O) groups excluding carboxylic acids is 2. The van der Waals surface area contributed by atoms with E-state index in [1.165, 1.54) is 0 Å². The van der Waals surface area contributed by atoms with Crippen molar-refractivity contribution in [2.24, 2.45) is 11.5 Å². The molecule has 0 aromatic heterocycles. The van der Waals surface area contributed by atoms with E-state index in [1.54, 1.807) is 0 Å². The summed E-state index contributed by atoms with van der Waals surface area (Å²) in [7, 11) is 0. The molecule has 0 bridgehead atoms. The fourth-order valence-electron chi connectivity index (χ4n) is 0.995. The number of carboxylic acid groups (broad SMARTS) is 2. The van der Waals surface area contributed by atoms with Gasteiger partial charge in [-0.2, -0.15) is 0 Å². The second-order valence-electron chi connectivity index (χ2n) is 2.86. The molecule has 0 fully saturated rings. The molecule has 0 unspecified atom stereocenters. The van der Waals surface area contributed by atoms with Gasteiger partial charge in [-0.05, 0) is 0 Å². The van der Waals surface area contributed by atoms with Gasteiger partial charge in [-0.1, -0.05) is 23.5 Å². The lowest BCUT2D eigenvalue weighted by Crippen LogP contribution is -2.24. The highest BCUT2D eigenvalue weighted by Crippen LogP contribution is 2.44. The van der Waals surface area contributed by atoms with E-state index in [1.807, 2.05) is 0 Å². The van der Waals surface area contributed by atoms with Gasteiger partial charge in [-0.25, -0.2) is 9.59 Å². The number of rotatable bonds is 4. The molecule has 10 heteroatoms. The minimum atomic E-state index is -1.54. The fraction of sp³-hybridized carbons (Fsp3) is 0. The van der Waals surface area contributed by atoms with Gasteiger partial charge >= 0.3 is 11.9 Å². The third-order valence-corrected chi connectivity index (χ3v) is 4.30. The lowest BCUT2D eigenvalue weighted by Gasteiger charge is -2.17. The topological polar surface area (TPSA) is 161 Å². The first-order valence-corrected chi connectivity index (χ1v) is 5.79. The molecule has 1 heterocycles. The number of thioether (sulfide) groups is 2. The molecule has 0 aromatic carbocycles. The summed E-state index contributed by atoms with van der Waals surface area (Å²) in [6, 6.07) is 0. The van der Waals surface area contributed by atoms with Crippen molar-refractivity contribution in [3.63, 3.8) is 0 Å². The van der Waals surface area contributed by atoms with E-state index in [2.05, 4.69) is 0 Å². The maximum Gasteiger partial charge on any atom is 0.343 e. The van der Waals surface area contributed by atoms with Crippen molar-refractivity contribution in [1.82, 2.24) is 0 Å². The molecule has 96 valence electrons. The molecule has 1 aliphatic rings. The van der Waals surface area contributed by atoms with Crippen LogP contribution in [0.15, 0.2) is 19.6 Å². The summed E-state index contributed by atoms with van der Waals surface area (Å²) >= 11 is 0.606. The molecule has 0 aromatic rings. The Balaban J connectivity index is 3.35. The van der Waals surface area contributed by atoms with Gasteiger partial charge < -0.3 is 21.7 Å². The molecule has 0 aliphatic carbocycles. The molecular formula is C8H6N2O6S2. The second-order valence-corrected chi connectivity index (χ2v) is 4.90. The van der Waals surface area contributed by atoms with E-state index >= 15 is 0 Å². The van der Waals surface area contributed by atoms with Crippen LogP contribution in [0.3, 0.4) is 0 Å². The highest BCUT2D eigenvalue weighted by Gasteiger charge is 2.34. The third-order valence-electron chi connectivity index (χ3n) is 1.66. The van der Waals surface area contributed by atoms with Gasteiger partial charge in [0.2, 0.25) is 0 Å². The zero-order chi connectivity index (χ0) is 14.0. The number of hydrogen-bond donors (Lipinski definition) is 4. The monoisotopic (exact) mass is 290 g/mol. The molecule has 0 atom stereocenters. The number of aliphatic carboxylic acids is 2. The third kappa shape index (κ3) is 2.65. The average Bonchev–Trinajstić information content (AvgIpc) is 2.26. The average molecular weight is 290 g/mol. The summed E-state index contributed by atoms with van der Waals surface area (Å²) in [6.45, 7) is 0. The molecule has 8 nitrogen and oxygen atoms in total. The summed E-state index contributed by atoms with van der Waals surface area (Å²) < 4.78 is 0. The van der Waals surface area contributed by atoms with Crippen LogP contribution in [0.25, 0.3) is 0 Å².